The van der Waals surface area contributed by atoms with Crippen molar-refractivity contribution in [2.45, 2.75) is 12.3 Å². The molecule has 0 radical (unpaired) electrons. The molecule has 1 N–H and O–H groups in total. The number of rotatable bonds is 3. The van der Waals surface area contributed by atoms with Gasteiger partial charge in [-0.3, -0.25) is 4.79 Å². The minimum absolute atomic E-state index is 0.000185. The first-order chi connectivity index (χ1) is 9.83. The van der Waals surface area contributed by atoms with Crippen molar-refractivity contribution in [1.29, 1.82) is 0 Å². The molecule has 3 heterocycles. The Morgan fingerprint density at radius 2 is 2.35 bits per heavy atom. The molecular weight excluding hydrogens is 274 g/mol. The third-order valence-electron chi connectivity index (χ3n) is 3.52. The van der Waals surface area contributed by atoms with Crippen molar-refractivity contribution in [3.05, 3.63) is 41.9 Å². The lowest BCUT2D eigenvalue weighted by atomic mass is 10.2. The number of hydrogen-bond acceptors (Lipinski definition) is 5. The van der Waals surface area contributed by atoms with Crippen LogP contribution in [-0.2, 0) is 4.79 Å². The van der Waals surface area contributed by atoms with E-state index in [-0.39, 0.29) is 17.7 Å². The van der Waals surface area contributed by atoms with Crippen molar-refractivity contribution < 1.29 is 9.21 Å². The van der Waals surface area contributed by atoms with Crippen molar-refractivity contribution in [1.82, 2.24) is 9.97 Å². The van der Waals surface area contributed by atoms with Gasteiger partial charge in [-0.2, -0.15) is 0 Å². The van der Waals surface area contributed by atoms with E-state index in [4.69, 9.17) is 4.42 Å². The Hall–Kier alpha value is -2.21. The molecule has 100 valence electrons. The Morgan fingerprint density at radius 1 is 1.40 bits per heavy atom. The molecule has 0 spiro atoms. The lowest BCUT2D eigenvalue weighted by Gasteiger charge is -2.04. The molecule has 2 atom stereocenters. The zero-order chi connectivity index (χ0) is 13.5. The molecule has 5 nitrogen and oxygen atoms in total. The number of hydrogen-bond donors (Lipinski definition) is 1. The van der Waals surface area contributed by atoms with E-state index >= 15 is 0 Å². The minimum atomic E-state index is -0.0221. The molecule has 1 aliphatic rings. The summed E-state index contributed by atoms with van der Waals surface area (Å²) in [5, 5.41) is 4.85. The van der Waals surface area contributed by atoms with Crippen LogP contribution in [0.25, 0.3) is 10.2 Å². The van der Waals surface area contributed by atoms with E-state index in [2.05, 4.69) is 15.3 Å². The van der Waals surface area contributed by atoms with Gasteiger partial charge in [0.15, 0.2) is 5.82 Å². The highest BCUT2D eigenvalue weighted by Gasteiger charge is 2.46. The first-order valence-electron chi connectivity index (χ1n) is 6.35. The number of nitrogens with zero attached hydrogens (tertiary/aromatic N) is 2. The van der Waals surface area contributed by atoms with Gasteiger partial charge in [-0.25, -0.2) is 9.97 Å². The molecule has 20 heavy (non-hydrogen) atoms. The van der Waals surface area contributed by atoms with Crippen LogP contribution >= 0.6 is 11.3 Å². The Morgan fingerprint density at radius 3 is 3.20 bits per heavy atom. The second-order valence-corrected chi connectivity index (χ2v) is 5.73. The SMILES string of the molecule is O=C(Nc1ncnc2ccsc12)[C@H]1C[C@H]1c1ccco1. The first kappa shape index (κ1) is 11.6. The topological polar surface area (TPSA) is 68.0 Å². The van der Waals surface area contributed by atoms with Gasteiger partial charge in [0.25, 0.3) is 0 Å². The molecule has 1 aliphatic carbocycles. The van der Waals surface area contributed by atoms with Crippen LogP contribution < -0.4 is 5.32 Å². The normalized spacial score (nSPS) is 21.0. The van der Waals surface area contributed by atoms with Gasteiger partial charge < -0.3 is 9.73 Å². The van der Waals surface area contributed by atoms with Crippen molar-refractivity contribution in [3.8, 4) is 0 Å². The summed E-state index contributed by atoms with van der Waals surface area (Å²) >= 11 is 1.53. The Labute approximate surface area is 118 Å². The smallest absolute Gasteiger partial charge is 0.229 e. The largest absolute Gasteiger partial charge is 0.469 e. The van der Waals surface area contributed by atoms with Crippen LogP contribution in [0.2, 0.25) is 0 Å². The zero-order valence-corrected chi connectivity index (χ0v) is 11.3. The van der Waals surface area contributed by atoms with Gasteiger partial charge in [0.2, 0.25) is 5.91 Å². The van der Waals surface area contributed by atoms with E-state index in [1.165, 1.54) is 17.7 Å². The number of furan rings is 1. The summed E-state index contributed by atoms with van der Waals surface area (Å²) in [7, 11) is 0. The van der Waals surface area contributed by atoms with Gasteiger partial charge in [0.1, 0.15) is 12.1 Å². The Bertz CT molecular complexity index is 766. The molecular formula is C14H11N3O2S. The van der Waals surface area contributed by atoms with Crippen LogP contribution in [0.15, 0.2) is 40.6 Å². The first-order valence-corrected chi connectivity index (χ1v) is 7.23. The van der Waals surface area contributed by atoms with Crippen LogP contribution in [0, 0.1) is 5.92 Å². The molecule has 1 saturated carbocycles. The Balaban J connectivity index is 1.53. The van der Waals surface area contributed by atoms with E-state index in [1.54, 1.807) is 6.26 Å². The number of fused-ring (bicyclic) bond motifs is 1. The van der Waals surface area contributed by atoms with Gasteiger partial charge in [-0.05, 0) is 30.0 Å². The Kier molecular flexibility index (Phi) is 2.56. The molecule has 0 aliphatic heterocycles. The van der Waals surface area contributed by atoms with Crippen LogP contribution in [0.5, 0.6) is 0 Å². The molecule has 0 unspecified atom stereocenters. The van der Waals surface area contributed by atoms with E-state index in [0.717, 1.165) is 22.4 Å². The van der Waals surface area contributed by atoms with Crippen LogP contribution in [0.3, 0.4) is 0 Å². The molecule has 1 amide bonds. The number of aromatic nitrogens is 2. The number of carbonyl (C=O) groups excluding carboxylic acids is 1. The molecule has 0 bridgehead atoms. The summed E-state index contributed by atoms with van der Waals surface area (Å²) in [6, 6.07) is 5.68. The maximum absolute atomic E-state index is 12.2. The highest BCUT2D eigenvalue weighted by molar-refractivity contribution is 7.17. The molecule has 3 aromatic rings. The van der Waals surface area contributed by atoms with Crippen LogP contribution in [0.4, 0.5) is 5.82 Å². The third-order valence-corrected chi connectivity index (χ3v) is 4.43. The summed E-state index contributed by atoms with van der Waals surface area (Å²) < 4.78 is 6.26. The fourth-order valence-corrected chi connectivity index (χ4v) is 3.18. The van der Waals surface area contributed by atoms with Gasteiger partial charge in [-0.1, -0.05) is 0 Å². The van der Waals surface area contributed by atoms with Gasteiger partial charge in [0, 0.05) is 11.8 Å². The van der Waals surface area contributed by atoms with E-state index in [9.17, 15) is 4.79 Å². The fourth-order valence-electron chi connectivity index (χ4n) is 2.39. The lowest BCUT2D eigenvalue weighted by Crippen LogP contribution is -2.15. The number of anilines is 1. The molecule has 6 heteroatoms. The predicted molar refractivity (Wildman–Crippen MR) is 75.6 cm³/mol. The van der Waals surface area contributed by atoms with Gasteiger partial charge in [0.05, 0.1) is 16.5 Å². The molecule has 4 rings (SSSR count). The number of nitrogens with one attached hydrogen (secondary N) is 1. The summed E-state index contributed by atoms with van der Waals surface area (Å²) in [6.45, 7) is 0. The molecule has 1 fully saturated rings. The predicted octanol–water partition coefficient (Wildman–Crippen LogP) is 3.03. The van der Waals surface area contributed by atoms with Crippen molar-refractivity contribution in [2.24, 2.45) is 5.92 Å². The van der Waals surface area contributed by atoms with Gasteiger partial charge in [-0.15, -0.1) is 11.3 Å². The number of amides is 1. The van der Waals surface area contributed by atoms with E-state index in [0.29, 0.717) is 5.82 Å². The third kappa shape index (κ3) is 1.89. The zero-order valence-electron chi connectivity index (χ0n) is 10.4. The van der Waals surface area contributed by atoms with Crippen molar-refractivity contribution >= 4 is 33.3 Å². The van der Waals surface area contributed by atoms with Crippen LogP contribution in [-0.4, -0.2) is 15.9 Å². The van der Waals surface area contributed by atoms with E-state index in [1.807, 2.05) is 23.6 Å². The van der Waals surface area contributed by atoms with E-state index < -0.39 is 0 Å². The maximum Gasteiger partial charge on any atom is 0.229 e. The second kappa shape index (κ2) is 4.42. The fraction of sp³-hybridized carbons (Fsp3) is 0.214. The molecule has 3 aromatic heterocycles. The highest BCUT2D eigenvalue weighted by Crippen LogP contribution is 2.48. The summed E-state index contributed by atoms with van der Waals surface area (Å²) in [5.41, 5.74) is 0.860. The lowest BCUT2D eigenvalue weighted by molar-refractivity contribution is -0.117. The summed E-state index contributed by atoms with van der Waals surface area (Å²) in [6.07, 6.45) is 3.95. The molecule has 0 saturated heterocycles. The minimum Gasteiger partial charge on any atom is -0.469 e. The highest BCUT2D eigenvalue weighted by atomic mass is 32.1. The number of carbonyl (C=O) groups is 1. The second-order valence-electron chi connectivity index (χ2n) is 4.81. The maximum atomic E-state index is 12.2. The number of thiophene rings is 1. The van der Waals surface area contributed by atoms with Crippen molar-refractivity contribution in [2.75, 3.05) is 5.32 Å². The average molecular weight is 285 g/mol. The van der Waals surface area contributed by atoms with Crippen molar-refractivity contribution in [3.63, 3.8) is 0 Å². The van der Waals surface area contributed by atoms with Gasteiger partial charge >= 0.3 is 0 Å². The van der Waals surface area contributed by atoms with Crippen LogP contribution in [0.1, 0.15) is 18.1 Å². The standard InChI is InChI=1S/C14H11N3O2S/c18-14(9-6-8(9)11-2-1-4-19-11)17-13-12-10(3-5-20-12)15-7-16-13/h1-5,7-9H,6H2,(H,15,16,17,18)/t8-,9+/m1/s1. The summed E-state index contributed by atoms with van der Waals surface area (Å²) in [4.78, 5) is 20.6. The monoisotopic (exact) mass is 285 g/mol. The summed E-state index contributed by atoms with van der Waals surface area (Å²) in [5.74, 6) is 1.66. The quantitative estimate of drug-likeness (QED) is 0.803. The average Bonchev–Trinajstić information content (AvgIpc) is 2.91. The molecule has 0 aromatic carbocycles.